The fourth-order valence-electron chi connectivity index (χ4n) is 1.17. The third kappa shape index (κ3) is 1.85. The molecule has 0 spiro atoms. The third-order valence-corrected chi connectivity index (χ3v) is 2.04. The van der Waals surface area contributed by atoms with Gasteiger partial charge in [0.1, 0.15) is 11.5 Å². The van der Waals surface area contributed by atoms with E-state index >= 15 is 0 Å². The third-order valence-electron chi connectivity index (χ3n) is 2.04. The molecule has 0 radical (unpaired) electrons. The number of benzene rings is 1. The first kappa shape index (κ1) is 10.5. The average molecular weight is 195 g/mol. The zero-order valence-electron chi connectivity index (χ0n) is 8.16. The van der Waals surface area contributed by atoms with Crippen molar-refractivity contribution in [1.29, 1.82) is 0 Å². The Labute approximate surface area is 82.2 Å². The van der Waals surface area contributed by atoms with Crippen molar-refractivity contribution in [2.24, 2.45) is 0 Å². The highest BCUT2D eigenvalue weighted by Crippen LogP contribution is 2.29. The summed E-state index contributed by atoms with van der Waals surface area (Å²) in [6.45, 7) is 1.72. The number of Topliss-reactive ketones (excluding diaryl/α,β-unsaturated/α-hetero) is 1. The second-order valence-electron chi connectivity index (χ2n) is 3.06. The van der Waals surface area contributed by atoms with Crippen LogP contribution in [-0.4, -0.2) is 29.6 Å². The maximum absolute atomic E-state index is 11.4. The summed E-state index contributed by atoms with van der Waals surface area (Å²) in [6.07, 6.45) is 0. The summed E-state index contributed by atoms with van der Waals surface area (Å²) >= 11 is 0. The first-order valence-electron chi connectivity index (χ1n) is 4.27. The number of ketones is 1. The summed E-state index contributed by atoms with van der Waals surface area (Å²) < 4.78 is 0. The molecular formula is C10H13NO3. The Balaban J connectivity index is 3.11. The molecule has 0 fully saturated rings. The van der Waals surface area contributed by atoms with E-state index in [1.54, 1.807) is 14.0 Å². The highest BCUT2D eigenvalue weighted by Gasteiger charge is 2.13. The first-order valence-corrected chi connectivity index (χ1v) is 4.27. The Bertz CT molecular complexity index is 361. The Morgan fingerprint density at radius 1 is 1.43 bits per heavy atom. The van der Waals surface area contributed by atoms with Crippen molar-refractivity contribution in [3.8, 4) is 11.5 Å². The molecule has 0 atom stereocenters. The van der Waals surface area contributed by atoms with E-state index in [2.05, 4.69) is 5.32 Å². The van der Waals surface area contributed by atoms with Crippen LogP contribution in [0.5, 0.6) is 11.5 Å². The van der Waals surface area contributed by atoms with E-state index in [0.29, 0.717) is 5.56 Å². The highest BCUT2D eigenvalue weighted by molar-refractivity contribution is 6.00. The van der Waals surface area contributed by atoms with E-state index in [4.69, 9.17) is 0 Å². The minimum Gasteiger partial charge on any atom is -0.508 e. The van der Waals surface area contributed by atoms with Crippen molar-refractivity contribution in [2.75, 3.05) is 13.6 Å². The van der Waals surface area contributed by atoms with Crippen LogP contribution in [0.1, 0.15) is 15.9 Å². The van der Waals surface area contributed by atoms with Crippen LogP contribution in [0, 0.1) is 6.92 Å². The molecule has 76 valence electrons. The second kappa shape index (κ2) is 4.11. The first-order chi connectivity index (χ1) is 6.57. The molecule has 1 aromatic rings. The van der Waals surface area contributed by atoms with Gasteiger partial charge in [0.15, 0.2) is 5.78 Å². The summed E-state index contributed by atoms with van der Waals surface area (Å²) in [5.41, 5.74) is 0.557. The van der Waals surface area contributed by atoms with Gasteiger partial charge in [0.25, 0.3) is 0 Å². The largest absolute Gasteiger partial charge is 0.508 e. The van der Waals surface area contributed by atoms with Gasteiger partial charge in [-0.3, -0.25) is 4.79 Å². The summed E-state index contributed by atoms with van der Waals surface area (Å²) in [7, 11) is 1.65. The van der Waals surface area contributed by atoms with Gasteiger partial charge in [-0.1, -0.05) is 0 Å². The van der Waals surface area contributed by atoms with Crippen molar-refractivity contribution >= 4 is 5.78 Å². The molecule has 0 aliphatic heterocycles. The van der Waals surface area contributed by atoms with Gasteiger partial charge in [-0.25, -0.2) is 0 Å². The van der Waals surface area contributed by atoms with Gasteiger partial charge in [-0.15, -0.1) is 0 Å². The normalized spacial score (nSPS) is 10.1. The molecule has 0 unspecified atom stereocenters. The van der Waals surface area contributed by atoms with Crippen molar-refractivity contribution in [3.05, 3.63) is 23.3 Å². The van der Waals surface area contributed by atoms with Crippen molar-refractivity contribution in [3.63, 3.8) is 0 Å². The van der Waals surface area contributed by atoms with Crippen LogP contribution in [0.4, 0.5) is 0 Å². The fraction of sp³-hybridized carbons (Fsp3) is 0.300. The molecule has 4 nitrogen and oxygen atoms in total. The van der Waals surface area contributed by atoms with E-state index in [-0.39, 0.29) is 29.4 Å². The molecule has 0 aromatic heterocycles. The second-order valence-corrected chi connectivity index (χ2v) is 3.06. The minimum atomic E-state index is -0.201. The molecule has 1 aromatic carbocycles. The lowest BCUT2D eigenvalue weighted by atomic mass is 10.1. The van der Waals surface area contributed by atoms with Crippen LogP contribution in [0.2, 0.25) is 0 Å². The number of hydrogen-bond acceptors (Lipinski definition) is 4. The molecule has 0 saturated carbocycles. The minimum absolute atomic E-state index is 0.0106. The Morgan fingerprint density at radius 2 is 2.07 bits per heavy atom. The molecule has 4 heteroatoms. The van der Waals surface area contributed by atoms with Gasteiger partial charge in [0, 0.05) is 5.56 Å². The molecule has 1 rings (SSSR count). The topological polar surface area (TPSA) is 69.6 Å². The summed E-state index contributed by atoms with van der Waals surface area (Å²) in [5, 5.41) is 21.5. The van der Waals surface area contributed by atoms with Crippen LogP contribution < -0.4 is 5.32 Å². The van der Waals surface area contributed by atoms with Crippen molar-refractivity contribution < 1.29 is 15.0 Å². The Hall–Kier alpha value is -1.55. The predicted octanol–water partition coefficient (Wildman–Crippen LogP) is 0.808. The van der Waals surface area contributed by atoms with Crippen LogP contribution in [0.25, 0.3) is 0 Å². The summed E-state index contributed by atoms with van der Waals surface area (Å²) in [4.78, 5) is 11.4. The Morgan fingerprint density at radius 3 is 2.64 bits per heavy atom. The van der Waals surface area contributed by atoms with Crippen LogP contribution in [0.15, 0.2) is 12.1 Å². The number of rotatable bonds is 3. The van der Waals surface area contributed by atoms with Crippen molar-refractivity contribution in [2.45, 2.75) is 6.92 Å². The Kier molecular flexibility index (Phi) is 3.09. The number of carbonyl (C=O) groups excluding carboxylic acids is 1. The molecule has 0 amide bonds. The SMILES string of the molecule is CNCC(=O)c1ccc(O)c(C)c1O. The predicted molar refractivity (Wildman–Crippen MR) is 52.8 cm³/mol. The fourth-order valence-corrected chi connectivity index (χ4v) is 1.17. The lowest BCUT2D eigenvalue weighted by Gasteiger charge is -2.07. The molecule has 0 bridgehead atoms. The number of aromatic hydroxyl groups is 2. The molecule has 14 heavy (non-hydrogen) atoms. The number of hydrogen-bond donors (Lipinski definition) is 3. The van der Waals surface area contributed by atoms with Gasteiger partial charge >= 0.3 is 0 Å². The standard InChI is InChI=1S/C10H13NO3/c1-6-8(12)4-3-7(10(6)14)9(13)5-11-2/h3-4,11-12,14H,5H2,1-2H3. The molecule has 0 saturated heterocycles. The van der Waals surface area contributed by atoms with Gasteiger partial charge in [-0.05, 0) is 26.1 Å². The van der Waals surface area contributed by atoms with Gasteiger partial charge in [0.2, 0.25) is 0 Å². The summed E-state index contributed by atoms with van der Waals surface area (Å²) in [5.74, 6) is -0.359. The summed E-state index contributed by atoms with van der Waals surface area (Å²) in [6, 6.07) is 2.81. The van der Waals surface area contributed by atoms with E-state index < -0.39 is 0 Å². The molecule has 3 N–H and O–H groups in total. The smallest absolute Gasteiger partial charge is 0.180 e. The van der Waals surface area contributed by atoms with E-state index in [9.17, 15) is 15.0 Å². The highest BCUT2D eigenvalue weighted by atomic mass is 16.3. The molecule has 0 aliphatic carbocycles. The zero-order chi connectivity index (χ0) is 10.7. The van der Waals surface area contributed by atoms with Crippen LogP contribution >= 0.6 is 0 Å². The van der Waals surface area contributed by atoms with Gasteiger partial charge < -0.3 is 15.5 Å². The van der Waals surface area contributed by atoms with Crippen molar-refractivity contribution in [1.82, 2.24) is 5.32 Å². The van der Waals surface area contributed by atoms with E-state index in [1.165, 1.54) is 12.1 Å². The van der Waals surface area contributed by atoms with E-state index in [0.717, 1.165) is 0 Å². The number of nitrogens with one attached hydrogen (secondary N) is 1. The molecule has 0 heterocycles. The van der Waals surface area contributed by atoms with E-state index in [1.807, 2.05) is 0 Å². The van der Waals surface area contributed by atoms with Crippen LogP contribution in [0.3, 0.4) is 0 Å². The van der Waals surface area contributed by atoms with Gasteiger partial charge in [0.05, 0.1) is 12.1 Å². The zero-order valence-corrected chi connectivity index (χ0v) is 8.16. The monoisotopic (exact) mass is 195 g/mol. The maximum atomic E-state index is 11.4. The lowest BCUT2D eigenvalue weighted by Crippen LogP contribution is -2.18. The molecule has 0 aliphatic rings. The number of carbonyl (C=O) groups is 1. The number of phenols is 2. The number of phenolic OH excluding ortho intramolecular Hbond substituents is 2. The number of likely N-dealkylation sites (N-methyl/N-ethyl adjacent to an activating group) is 1. The average Bonchev–Trinajstić information content (AvgIpc) is 2.15. The maximum Gasteiger partial charge on any atom is 0.180 e. The van der Waals surface area contributed by atoms with Gasteiger partial charge in [-0.2, -0.15) is 0 Å². The quantitative estimate of drug-likeness (QED) is 0.624. The lowest BCUT2D eigenvalue weighted by molar-refractivity contribution is 0.0991. The molecular weight excluding hydrogens is 182 g/mol. The van der Waals surface area contributed by atoms with Crippen LogP contribution in [-0.2, 0) is 0 Å².